The molecule has 0 spiro atoms. The van der Waals surface area contributed by atoms with Gasteiger partial charge < -0.3 is 10.8 Å². The highest BCUT2D eigenvalue weighted by atomic mass is 16.4. The quantitative estimate of drug-likeness (QED) is 0.700. The number of aliphatic carboxylic acids is 1. The maximum absolute atomic E-state index is 10.8. The lowest BCUT2D eigenvalue weighted by atomic mass is 9.91. The van der Waals surface area contributed by atoms with Crippen molar-refractivity contribution in [1.82, 2.24) is 4.98 Å². The van der Waals surface area contributed by atoms with E-state index in [2.05, 4.69) is 4.98 Å². The minimum Gasteiger partial charge on any atom is -0.480 e. The molecule has 3 N–H and O–H groups in total. The van der Waals surface area contributed by atoms with Gasteiger partial charge in [0.25, 0.3) is 0 Å². The van der Waals surface area contributed by atoms with Gasteiger partial charge in [0.05, 0.1) is 0 Å². The average molecular weight is 180 g/mol. The Morgan fingerprint density at radius 3 is 2.77 bits per heavy atom. The molecule has 0 radical (unpaired) electrons. The number of aromatic nitrogens is 1. The summed E-state index contributed by atoms with van der Waals surface area (Å²) in [6.45, 7) is 3.26. The minimum atomic E-state index is -1.34. The first-order valence-electron chi connectivity index (χ1n) is 3.89. The summed E-state index contributed by atoms with van der Waals surface area (Å²) in [5, 5.41) is 8.87. The Morgan fingerprint density at radius 2 is 2.31 bits per heavy atom. The maximum atomic E-state index is 10.8. The lowest BCUT2D eigenvalue weighted by Gasteiger charge is -2.21. The predicted octanol–water partition coefficient (Wildman–Crippen LogP) is 0.649. The fourth-order valence-corrected chi connectivity index (χ4v) is 1.17. The van der Waals surface area contributed by atoms with E-state index in [4.69, 9.17) is 10.8 Å². The molecule has 0 amide bonds. The number of carbonyl (C=O) groups is 1. The van der Waals surface area contributed by atoms with E-state index in [1.807, 2.05) is 0 Å². The number of nitrogens with two attached hydrogens (primary N) is 1. The Balaban J connectivity index is 3.22. The Labute approximate surface area is 76.4 Å². The summed E-state index contributed by atoms with van der Waals surface area (Å²) in [5.74, 6) is -1.04. The number of nitrogens with zero attached hydrogens (tertiary/aromatic N) is 1. The topological polar surface area (TPSA) is 76.2 Å². The normalized spacial score (nSPS) is 15.0. The molecule has 0 aliphatic rings. The lowest BCUT2D eigenvalue weighted by Crippen LogP contribution is -2.42. The van der Waals surface area contributed by atoms with Crippen LogP contribution in [0.15, 0.2) is 18.5 Å². The summed E-state index contributed by atoms with van der Waals surface area (Å²) in [6.07, 6.45) is 3.14. The van der Waals surface area contributed by atoms with Crippen LogP contribution in [0, 0.1) is 6.92 Å². The second-order valence-electron chi connectivity index (χ2n) is 3.20. The number of pyridine rings is 1. The van der Waals surface area contributed by atoms with Crippen LogP contribution in [-0.4, -0.2) is 16.1 Å². The van der Waals surface area contributed by atoms with Crippen LogP contribution in [-0.2, 0) is 10.3 Å². The third kappa shape index (κ3) is 1.67. The molecule has 0 fully saturated rings. The average Bonchev–Trinajstić information content (AvgIpc) is 2.04. The summed E-state index contributed by atoms with van der Waals surface area (Å²) >= 11 is 0. The molecule has 70 valence electrons. The number of hydrogen-bond donors (Lipinski definition) is 2. The smallest absolute Gasteiger partial charge is 0.328 e. The van der Waals surface area contributed by atoms with Gasteiger partial charge in [0.15, 0.2) is 0 Å². The number of aryl methyl sites for hydroxylation is 1. The van der Waals surface area contributed by atoms with Gasteiger partial charge in [0, 0.05) is 12.4 Å². The molecule has 1 unspecified atom stereocenters. The van der Waals surface area contributed by atoms with Crippen molar-refractivity contribution in [3.05, 3.63) is 29.6 Å². The zero-order chi connectivity index (χ0) is 10.1. The van der Waals surface area contributed by atoms with Crippen LogP contribution in [0.3, 0.4) is 0 Å². The standard InChI is InChI=1S/C9H12N2O2/c1-6-5-11-4-3-7(6)9(2,10)8(12)13/h3-5H,10H2,1-2H3,(H,12,13). The first-order valence-corrected chi connectivity index (χ1v) is 3.89. The third-order valence-corrected chi connectivity index (χ3v) is 2.02. The summed E-state index contributed by atoms with van der Waals surface area (Å²) < 4.78 is 0. The van der Waals surface area contributed by atoms with E-state index >= 15 is 0 Å². The molecule has 0 saturated heterocycles. The van der Waals surface area contributed by atoms with Crippen molar-refractivity contribution in [2.24, 2.45) is 5.73 Å². The summed E-state index contributed by atoms with van der Waals surface area (Å²) in [4.78, 5) is 14.7. The summed E-state index contributed by atoms with van der Waals surface area (Å²) in [6, 6.07) is 1.63. The second kappa shape index (κ2) is 3.14. The van der Waals surface area contributed by atoms with Gasteiger partial charge in [-0.3, -0.25) is 4.98 Å². The first-order chi connectivity index (χ1) is 5.96. The fraction of sp³-hybridized carbons (Fsp3) is 0.333. The van der Waals surface area contributed by atoms with Crippen LogP contribution in [0.25, 0.3) is 0 Å². The van der Waals surface area contributed by atoms with Gasteiger partial charge in [-0.15, -0.1) is 0 Å². The van der Waals surface area contributed by atoms with Gasteiger partial charge in [0.2, 0.25) is 0 Å². The predicted molar refractivity (Wildman–Crippen MR) is 48.1 cm³/mol. The molecule has 1 heterocycles. The van der Waals surface area contributed by atoms with Gasteiger partial charge in [-0.05, 0) is 31.0 Å². The van der Waals surface area contributed by atoms with Crippen molar-refractivity contribution in [2.75, 3.05) is 0 Å². The molecule has 4 nitrogen and oxygen atoms in total. The zero-order valence-corrected chi connectivity index (χ0v) is 7.61. The van der Waals surface area contributed by atoms with Crippen molar-refractivity contribution < 1.29 is 9.90 Å². The molecule has 1 aromatic rings. The van der Waals surface area contributed by atoms with Crippen LogP contribution in [0.2, 0.25) is 0 Å². The zero-order valence-electron chi connectivity index (χ0n) is 7.61. The van der Waals surface area contributed by atoms with Crippen molar-refractivity contribution in [1.29, 1.82) is 0 Å². The van der Waals surface area contributed by atoms with Crippen LogP contribution in [0.4, 0.5) is 0 Å². The van der Waals surface area contributed by atoms with Gasteiger partial charge in [-0.25, -0.2) is 4.79 Å². The van der Waals surface area contributed by atoms with Crippen molar-refractivity contribution in [3.63, 3.8) is 0 Å². The molecule has 1 aromatic heterocycles. The van der Waals surface area contributed by atoms with Crippen molar-refractivity contribution >= 4 is 5.97 Å². The van der Waals surface area contributed by atoms with E-state index in [-0.39, 0.29) is 0 Å². The molecule has 0 saturated carbocycles. The fourth-order valence-electron chi connectivity index (χ4n) is 1.17. The number of hydrogen-bond acceptors (Lipinski definition) is 3. The van der Waals surface area contributed by atoms with E-state index in [0.717, 1.165) is 5.56 Å². The maximum Gasteiger partial charge on any atom is 0.328 e. The Morgan fingerprint density at radius 1 is 1.69 bits per heavy atom. The van der Waals surface area contributed by atoms with E-state index in [1.54, 1.807) is 19.2 Å². The van der Waals surface area contributed by atoms with Crippen LogP contribution < -0.4 is 5.73 Å². The molecule has 0 aliphatic carbocycles. The molecular weight excluding hydrogens is 168 g/mol. The van der Waals surface area contributed by atoms with E-state index < -0.39 is 11.5 Å². The van der Waals surface area contributed by atoms with Crippen LogP contribution in [0.1, 0.15) is 18.1 Å². The Bertz CT molecular complexity index is 334. The van der Waals surface area contributed by atoms with E-state index in [0.29, 0.717) is 5.56 Å². The highest BCUT2D eigenvalue weighted by molar-refractivity contribution is 5.80. The SMILES string of the molecule is Cc1cnccc1C(C)(N)C(=O)O. The molecule has 0 aromatic carbocycles. The van der Waals surface area contributed by atoms with Gasteiger partial charge in [-0.1, -0.05) is 0 Å². The Hall–Kier alpha value is -1.42. The van der Waals surface area contributed by atoms with E-state index in [1.165, 1.54) is 13.1 Å². The Kier molecular flexibility index (Phi) is 2.34. The van der Waals surface area contributed by atoms with Gasteiger partial charge in [0.1, 0.15) is 5.54 Å². The first kappa shape index (κ1) is 9.67. The van der Waals surface area contributed by atoms with E-state index in [9.17, 15) is 4.79 Å². The minimum absolute atomic E-state index is 0.593. The second-order valence-corrected chi connectivity index (χ2v) is 3.20. The van der Waals surface area contributed by atoms with Crippen molar-refractivity contribution in [2.45, 2.75) is 19.4 Å². The number of carboxylic acid groups (broad SMARTS) is 1. The van der Waals surface area contributed by atoms with Crippen molar-refractivity contribution in [3.8, 4) is 0 Å². The molecule has 1 rings (SSSR count). The lowest BCUT2D eigenvalue weighted by molar-refractivity contribution is -0.143. The molecule has 4 heteroatoms. The highest BCUT2D eigenvalue weighted by Gasteiger charge is 2.31. The highest BCUT2D eigenvalue weighted by Crippen LogP contribution is 2.20. The number of carboxylic acids is 1. The van der Waals surface area contributed by atoms with Crippen LogP contribution in [0.5, 0.6) is 0 Å². The summed E-state index contributed by atoms with van der Waals surface area (Å²) in [5.41, 5.74) is 5.69. The monoisotopic (exact) mass is 180 g/mol. The summed E-state index contributed by atoms with van der Waals surface area (Å²) in [7, 11) is 0. The molecule has 13 heavy (non-hydrogen) atoms. The van der Waals surface area contributed by atoms with Gasteiger partial charge in [-0.2, -0.15) is 0 Å². The molecular formula is C9H12N2O2. The van der Waals surface area contributed by atoms with Crippen LogP contribution >= 0.6 is 0 Å². The molecule has 0 bridgehead atoms. The van der Waals surface area contributed by atoms with Gasteiger partial charge >= 0.3 is 5.97 Å². The largest absolute Gasteiger partial charge is 0.480 e. The molecule has 0 aliphatic heterocycles. The third-order valence-electron chi connectivity index (χ3n) is 2.02. The number of rotatable bonds is 2. The molecule has 1 atom stereocenters.